The van der Waals surface area contributed by atoms with Crippen LogP contribution in [0.1, 0.15) is 19.4 Å². The van der Waals surface area contributed by atoms with Gasteiger partial charge in [0.2, 0.25) is 0 Å². The molecule has 1 heterocycles. The van der Waals surface area contributed by atoms with Crippen molar-refractivity contribution in [3.63, 3.8) is 0 Å². The largest absolute Gasteiger partial charge is 0.396 e. The van der Waals surface area contributed by atoms with Crippen molar-refractivity contribution in [1.29, 1.82) is 0 Å². The van der Waals surface area contributed by atoms with Gasteiger partial charge in [-0.1, -0.05) is 30.3 Å². The molecule has 1 fully saturated rings. The molecule has 5 unspecified atom stereocenters. The Morgan fingerprint density at radius 2 is 1.68 bits per heavy atom. The maximum absolute atomic E-state index is 9.91. The molecular weight excluding hydrogens is 322 g/mol. The van der Waals surface area contributed by atoms with Gasteiger partial charge in [0.15, 0.2) is 12.6 Å². The van der Waals surface area contributed by atoms with Crippen LogP contribution >= 0.6 is 0 Å². The molecule has 0 bridgehead atoms. The average Bonchev–Trinajstić information content (AvgIpc) is 2.63. The predicted molar refractivity (Wildman–Crippen MR) is 95.0 cm³/mol. The van der Waals surface area contributed by atoms with E-state index in [0.29, 0.717) is 6.54 Å². The van der Waals surface area contributed by atoms with Crippen molar-refractivity contribution in [2.45, 2.75) is 45.2 Å². The van der Waals surface area contributed by atoms with Crippen LogP contribution in [0.4, 0.5) is 0 Å². The van der Waals surface area contributed by atoms with E-state index < -0.39 is 0 Å². The monoisotopic (exact) mass is 353 g/mol. The van der Waals surface area contributed by atoms with Crippen LogP contribution in [-0.2, 0) is 25.5 Å². The predicted octanol–water partition coefficient (Wildman–Crippen LogP) is 1.87. The summed E-state index contributed by atoms with van der Waals surface area (Å²) >= 11 is 0. The molecule has 1 aromatic carbocycles. The summed E-state index contributed by atoms with van der Waals surface area (Å²) in [6.45, 7) is 6.01. The smallest absolute Gasteiger partial charge is 0.154 e. The lowest BCUT2D eigenvalue weighted by molar-refractivity contribution is -0.246. The molecule has 6 nitrogen and oxygen atoms in total. The third-order valence-electron chi connectivity index (χ3n) is 4.62. The maximum Gasteiger partial charge on any atom is 0.154 e. The Hall–Kier alpha value is -1.02. The van der Waals surface area contributed by atoms with Gasteiger partial charge >= 0.3 is 0 Å². The number of hydrogen-bond acceptors (Lipinski definition) is 6. The normalized spacial score (nSPS) is 27.2. The first-order valence-corrected chi connectivity index (χ1v) is 8.81. The van der Waals surface area contributed by atoms with E-state index in [0.717, 1.165) is 13.1 Å². The molecule has 0 spiro atoms. The van der Waals surface area contributed by atoms with E-state index in [9.17, 15) is 5.11 Å². The molecule has 1 N–H and O–H groups in total. The lowest BCUT2D eigenvalue weighted by atomic mass is 9.92. The molecule has 0 amide bonds. The van der Waals surface area contributed by atoms with Crippen LogP contribution in [-0.4, -0.2) is 68.7 Å². The van der Waals surface area contributed by atoms with Gasteiger partial charge in [0.1, 0.15) is 0 Å². The number of ether oxygens (including phenoxy) is 4. The number of methoxy groups -OCH3 is 2. The van der Waals surface area contributed by atoms with Crippen LogP contribution in [0.5, 0.6) is 0 Å². The summed E-state index contributed by atoms with van der Waals surface area (Å²) in [7, 11) is 3.23. The second-order valence-corrected chi connectivity index (χ2v) is 6.50. The van der Waals surface area contributed by atoms with Gasteiger partial charge in [-0.25, -0.2) is 0 Å². The number of likely N-dealkylation sites (tertiary alicyclic amines) is 1. The third kappa shape index (κ3) is 6.02. The van der Waals surface area contributed by atoms with E-state index in [1.165, 1.54) is 5.56 Å². The van der Waals surface area contributed by atoms with Crippen molar-refractivity contribution < 1.29 is 24.1 Å². The molecule has 1 aromatic rings. The molecule has 0 saturated carbocycles. The van der Waals surface area contributed by atoms with Gasteiger partial charge in [-0.15, -0.1) is 0 Å². The van der Waals surface area contributed by atoms with Gasteiger partial charge in [0, 0.05) is 46.4 Å². The van der Waals surface area contributed by atoms with E-state index in [1.54, 1.807) is 14.2 Å². The fourth-order valence-corrected chi connectivity index (χ4v) is 3.20. The SMILES string of the molecule is COC(C)OC1CN(Cc2ccccc2)CC(CO)C1OC(C)OC. The highest BCUT2D eigenvalue weighted by Crippen LogP contribution is 2.26. The van der Waals surface area contributed by atoms with Crippen molar-refractivity contribution in [2.24, 2.45) is 5.92 Å². The summed E-state index contributed by atoms with van der Waals surface area (Å²) in [5, 5.41) is 9.91. The lowest BCUT2D eigenvalue weighted by Gasteiger charge is -2.44. The summed E-state index contributed by atoms with van der Waals surface area (Å²) in [6, 6.07) is 10.3. The van der Waals surface area contributed by atoms with Crippen LogP contribution in [0.3, 0.4) is 0 Å². The molecule has 1 saturated heterocycles. The quantitative estimate of drug-likeness (QED) is 0.684. The highest BCUT2D eigenvalue weighted by molar-refractivity contribution is 5.14. The summed E-state index contributed by atoms with van der Waals surface area (Å²) in [4.78, 5) is 2.29. The highest BCUT2D eigenvalue weighted by Gasteiger charge is 2.39. The first-order valence-electron chi connectivity index (χ1n) is 8.81. The Kier molecular flexibility index (Phi) is 8.29. The number of piperidine rings is 1. The molecule has 6 heteroatoms. The van der Waals surface area contributed by atoms with Gasteiger partial charge in [0.05, 0.1) is 12.2 Å². The van der Waals surface area contributed by atoms with Crippen LogP contribution in [0.25, 0.3) is 0 Å². The van der Waals surface area contributed by atoms with Crippen molar-refractivity contribution in [3.05, 3.63) is 35.9 Å². The van der Waals surface area contributed by atoms with Gasteiger partial charge in [-0.2, -0.15) is 0 Å². The van der Waals surface area contributed by atoms with Crippen LogP contribution in [0.2, 0.25) is 0 Å². The molecule has 1 aliphatic heterocycles. The van der Waals surface area contributed by atoms with Gasteiger partial charge in [-0.3, -0.25) is 4.90 Å². The minimum Gasteiger partial charge on any atom is -0.396 e. The fraction of sp³-hybridized carbons (Fsp3) is 0.684. The Bertz CT molecular complexity index is 486. The zero-order chi connectivity index (χ0) is 18.2. The van der Waals surface area contributed by atoms with E-state index in [2.05, 4.69) is 17.0 Å². The molecule has 2 rings (SSSR count). The molecule has 5 atom stereocenters. The second-order valence-electron chi connectivity index (χ2n) is 6.50. The van der Waals surface area contributed by atoms with Gasteiger partial charge in [0.25, 0.3) is 0 Å². The molecule has 25 heavy (non-hydrogen) atoms. The minimum absolute atomic E-state index is 0.0353. The molecule has 0 radical (unpaired) electrons. The molecular formula is C19H31NO5. The fourth-order valence-electron chi connectivity index (χ4n) is 3.20. The summed E-state index contributed by atoms with van der Waals surface area (Å²) in [5.41, 5.74) is 1.24. The van der Waals surface area contributed by atoms with Crippen molar-refractivity contribution in [3.8, 4) is 0 Å². The number of rotatable bonds is 9. The summed E-state index contributed by atoms with van der Waals surface area (Å²) in [6.07, 6.45) is -1.15. The number of hydrogen-bond donors (Lipinski definition) is 1. The van der Waals surface area contributed by atoms with Crippen molar-refractivity contribution >= 4 is 0 Å². The Labute approximate surface area is 150 Å². The minimum atomic E-state index is -0.358. The molecule has 1 aliphatic rings. The van der Waals surface area contributed by atoms with Gasteiger partial charge in [-0.05, 0) is 19.4 Å². The zero-order valence-corrected chi connectivity index (χ0v) is 15.6. The first kappa shape index (κ1) is 20.3. The van der Waals surface area contributed by atoms with Crippen molar-refractivity contribution in [1.82, 2.24) is 4.90 Å². The van der Waals surface area contributed by atoms with Gasteiger partial charge < -0.3 is 24.1 Å². The Balaban J connectivity index is 2.11. The van der Waals surface area contributed by atoms with E-state index >= 15 is 0 Å². The third-order valence-corrected chi connectivity index (χ3v) is 4.62. The molecule has 0 aromatic heterocycles. The second kappa shape index (κ2) is 10.2. The number of aliphatic hydroxyl groups is 1. The topological polar surface area (TPSA) is 60.4 Å². The van der Waals surface area contributed by atoms with E-state index in [-0.39, 0.29) is 37.3 Å². The van der Waals surface area contributed by atoms with E-state index in [1.807, 2.05) is 32.0 Å². The van der Waals surface area contributed by atoms with Crippen molar-refractivity contribution in [2.75, 3.05) is 33.9 Å². The number of aliphatic hydroxyl groups excluding tert-OH is 1. The number of nitrogens with zero attached hydrogens (tertiary/aromatic N) is 1. The van der Waals surface area contributed by atoms with Crippen LogP contribution in [0, 0.1) is 5.92 Å². The zero-order valence-electron chi connectivity index (χ0n) is 15.6. The standard InChI is InChI=1S/C19H31NO5/c1-14(22-3)24-18-12-20(10-16-8-6-5-7-9-16)11-17(13-21)19(18)25-15(2)23-4/h5-9,14-15,17-19,21H,10-13H2,1-4H3. The average molecular weight is 353 g/mol. The van der Waals surface area contributed by atoms with E-state index in [4.69, 9.17) is 18.9 Å². The first-order chi connectivity index (χ1) is 12.1. The molecule has 0 aliphatic carbocycles. The number of benzene rings is 1. The summed E-state index contributed by atoms with van der Waals surface area (Å²) in [5.74, 6) is -0.0517. The summed E-state index contributed by atoms with van der Waals surface area (Å²) < 4.78 is 22.6. The molecule has 142 valence electrons. The maximum atomic E-state index is 9.91. The lowest BCUT2D eigenvalue weighted by Crippen LogP contribution is -2.56. The highest BCUT2D eigenvalue weighted by atomic mass is 16.7. The van der Waals surface area contributed by atoms with Crippen LogP contribution in [0.15, 0.2) is 30.3 Å². The Morgan fingerprint density at radius 1 is 1.04 bits per heavy atom. The Morgan fingerprint density at radius 3 is 2.28 bits per heavy atom. The van der Waals surface area contributed by atoms with Crippen LogP contribution < -0.4 is 0 Å².